The van der Waals surface area contributed by atoms with E-state index in [-0.39, 0.29) is 17.0 Å². The molecule has 112 valence electrons. The number of hydrogen-bond acceptors (Lipinski definition) is 4. The molecule has 0 aliphatic heterocycles. The number of nitrogen functional groups attached to an aromatic ring is 1. The molecule has 20 heavy (non-hydrogen) atoms. The zero-order chi connectivity index (χ0) is 14.9. The van der Waals surface area contributed by atoms with Crippen molar-refractivity contribution in [1.29, 1.82) is 0 Å². The number of nitrogens with two attached hydrogens (primary N) is 1. The van der Waals surface area contributed by atoms with Crippen LogP contribution < -0.4 is 10.5 Å². The third kappa shape index (κ3) is 3.13. The van der Waals surface area contributed by atoms with Crippen molar-refractivity contribution in [2.24, 2.45) is 0 Å². The van der Waals surface area contributed by atoms with Crippen molar-refractivity contribution in [3.05, 3.63) is 23.3 Å². The van der Waals surface area contributed by atoms with Gasteiger partial charge in [0.15, 0.2) is 0 Å². The van der Waals surface area contributed by atoms with Crippen LogP contribution in [0.5, 0.6) is 0 Å². The highest BCUT2D eigenvalue weighted by Gasteiger charge is 2.28. The maximum absolute atomic E-state index is 12.4. The lowest BCUT2D eigenvalue weighted by Crippen LogP contribution is -2.33. The zero-order valence-corrected chi connectivity index (χ0v) is 13.0. The number of anilines is 1. The highest BCUT2D eigenvalue weighted by Crippen LogP contribution is 2.25. The van der Waals surface area contributed by atoms with E-state index >= 15 is 0 Å². The Balaban J connectivity index is 2.19. The molecule has 1 fully saturated rings. The number of hydrogen-bond donors (Lipinski definition) is 2. The van der Waals surface area contributed by atoms with Crippen LogP contribution in [-0.2, 0) is 14.8 Å². The zero-order valence-electron chi connectivity index (χ0n) is 12.1. The molecule has 1 saturated carbocycles. The second kappa shape index (κ2) is 5.71. The lowest BCUT2D eigenvalue weighted by Gasteiger charge is -2.15. The van der Waals surface area contributed by atoms with E-state index in [9.17, 15) is 8.42 Å². The van der Waals surface area contributed by atoms with Gasteiger partial charge in [-0.25, -0.2) is 13.1 Å². The Morgan fingerprint density at radius 2 is 2.00 bits per heavy atom. The van der Waals surface area contributed by atoms with Crippen LogP contribution in [0.25, 0.3) is 0 Å². The van der Waals surface area contributed by atoms with E-state index in [1.54, 1.807) is 13.2 Å². The summed E-state index contributed by atoms with van der Waals surface area (Å²) in [4.78, 5) is 0.235. The largest absolute Gasteiger partial charge is 0.398 e. The van der Waals surface area contributed by atoms with E-state index in [0.717, 1.165) is 30.4 Å². The van der Waals surface area contributed by atoms with Crippen LogP contribution in [-0.4, -0.2) is 27.7 Å². The average Bonchev–Trinajstić information content (AvgIpc) is 2.82. The van der Waals surface area contributed by atoms with Crippen LogP contribution in [0.4, 0.5) is 5.69 Å². The van der Waals surface area contributed by atoms with E-state index in [4.69, 9.17) is 10.5 Å². The molecule has 0 saturated heterocycles. The van der Waals surface area contributed by atoms with Gasteiger partial charge in [-0.15, -0.1) is 0 Å². The first-order valence-corrected chi connectivity index (χ1v) is 8.23. The molecule has 3 N–H and O–H groups in total. The first-order chi connectivity index (χ1) is 9.33. The summed E-state index contributed by atoms with van der Waals surface area (Å²) in [7, 11) is -1.86. The Bertz CT molecular complexity index is 575. The van der Waals surface area contributed by atoms with Gasteiger partial charge < -0.3 is 10.5 Å². The van der Waals surface area contributed by atoms with E-state index < -0.39 is 10.0 Å². The minimum absolute atomic E-state index is 0.0622. The summed E-state index contributed by atoms with van der Waals surface area (Å²) in [6, 6.07) is 3.12. The van der Waals surface area contributed by atoms with Crippen LogP contribution in [0.2, 0.25) is 0 Å². The molecular formula is C14H22N2O3S. The van der Waals surface area contributed by atoms with Crippen LogP contribution >= 0.6 is 0 Å². The minimum Gasteiger partial charge on any atom is -0.398 e. The number of benzene rings is 1. The summed E-state index contributed by atoms with van der Waals surface area (Å²) >= 11 is 0. The lowest BCUT2D eigenvalue weighted by atomic mass is 10.1. The molecule has 5 nitrogen and oxygen atoms in total. The number of nitrogens with one attached hydrogen (secondary N) is 1. The first-order valence-electron chi connectivity index (χ1n) is 6.75. The van der Waals surface area contributed by atoms with Gasteiger partial charge in [-0.2, -0.15) is 0 Å². The molecule has 1 aliphatic rings. The highest BCUT2D eigenvalue weighted by molar-refractivity contribution is 7.89. The van der Waals surface area contributed by atoms with Gasteiger partial charge in [-0.3, -0.25) is 0 Å². The van der Waals surface area contributed by atoms with Crippen molar-refractivity contribution in [2.75, 3.05) is 12.8 Å². The highest BCUT2D eigenvalue weighted by atomic mass is 32.2. The molecule has 0 bridgehead atoms. The Morgan fingerprint density at radius 1 is 1.30 bits per heavy atom. The van der Waals surface area contributed by atoms with Gasteiger partial charge in [-0.1, -0.05) is 0 Å². The molecule has 0 spiro atoms. The maximum atomic E-state index is 12.4. The van der Waals surface area contributed by atoms with Crippen LogP contribution in [0.1, 0.15) is 30.4 Å². The molecule has 1 aliphatic carbocycles. The van der Waals surface area contributed by atoms with E-state index in [1.165, 1.54) is 6.07 Å². The fraction of sp³-hybridized carbons (Fsp3) is 0.571. The van der Waals surface area contributed by atoms with Crippen molar-refractivity contribution in [2.45, 2.75) is 50.2 Å². The molecular weight excluding hydrogens is 276 g/mol. The van der Waals surface area contributed by atoms with Gasteiger partial charge in [0, 0.05) is 18.8 Å². The summed E-state index contributed by atoms with van der Waals surface area (Å²) in [5.74, 6) is 0. The lowest BCUT2D eigenvalue weighted by molar-refractivity contribution is 0.107. The van der Waals surface area contributed by atoms with Crippen molar-refractivity contribution in [1.82, 2.24) is 4.72 Å². The number of sulfonamides is 1. The third-order valence-corrected chi connectivity index (χ3v) is 5.53. The molecule has 0 amide bonds. The standard InChI is InChI=1S/C14H22N2O3S/c1-9-6-13(8-14(15)10(9)2)20(17,18)16-11-4-5-12(7-11)19-3/h6,8,11-12,16H,4-5,7,15H2,1-3H3. The molecule has 0 radical (unpaired) electrons. The number of rotatable bonds is 4. The van der Waals surface area contributed by atoms with E-state index in [1.807, 2.05) is 13.8 Å². The normalized spacial score (nSPS) is 23.1. The molecule has 2 unspecified atom stereocenters. The van der Waals surface area contributed by atoms with Crippen LogP contribution in [0.3, 0.4) is 0 Å². The quantitative estimate of drug-likeness (QED) is 0.830. The summed E-state index contributed by atoms with van der Waals surface area (Å²) in [5.41, 5.74) is 8.17. The van der Waals surface area contributed by atoms with Crippen molar-refractivity contribution in [3.63, 3.8) is 0 Å². The molecule has 1 aromatic carbocycles. The average molecular weight is 298 g/mol. The van der Waals surface area contributed by atoms with E-state index in [2.05, 4.69) is 4.72 Å². The molecule has 1 aromatic rings. The van der Waals surface area contributed by atoms with Crippen molar-refractivity contribution >= 4 is 15.7 Å². The smallest absolute Gasteiger partial charge is 0.240 e. The van der Waals surface area contributed by atoms with Crippen LogP contribution in [0, 0.1) is 13.8 Å². The van der Waals surface area contributed by atoms with Gasteiger partial charge in [-0.05, 0) is 56.4 Å². The van der Waals surface area contributed by atoms with Crippen LogP contribution in [0.15, 0.2) is 17.0 Å². The second-order valence-electron chi connectivity index (χ2n) is 5.44. The van der Waals surface area contributed by atoms with Crippen molar-refractivity contribution in [3.8, 4) is 0 Å². The van der Waals surface area contributed by atoms with Gasteiger partial charge in [0.05, 0.1) is 11.0 Å². The SMILES string of the molecule is COC1CCC(NS(=O)(=O)c2cc(C)c(C)c(N)c2)C1. The van der Waals surface area contributed by atoms with Crippen molar-refractivity contribution < 1.29 is 13.2 Å². The van der Waals surface area contributed by atoms with Gasteiger partial charge in [0.25, 0.3) is 0 Å². The van der Waals surface area contributed by atoms with Gasteiger partial charge in [0.1, 0.15) is 0 Å². The van der Waals surface area contributed by atoms with E-state index in [0.29, 0.717) is 5.69 Å². The maximum Gasteiger partial charge on any atom is 0.240 e. The Morgan fingerprint density at radius 3 is 2.55 bits per heavy atom. The monoisotopic (exact) mass is 298 g/mol. The summed E-state index contributed by atoms with van der Waals surface area (Å²) in [6.45, 7) is 3.75. The fourth-order valence-corrected chi connectivity index (χ4v) is 3.96. The minimum atomic E-state index is -3.52. The number of ether oxygens (including phenoxy) is 1. The predicted molar refractivity (Wildman–Crippen MR) is 79.1 cm³/mol. The Hall–Kier alpha value is -1.11. The van der Waals surface area contributed by atoms with Gasteiger partial charge >= 0.3 is 0 Å². The fourth-order valence-electron chi connectivity index (χ4n) is 2.56. The number of aryl methyl sites for hydroxylation is 1. The second-order valence-corrected chi connectivity index (χ2v) is 7.16. The summed E-state index contributed by atoms with van der Waals surface area (Å²) < 4.78 is 32.8. The molecule has 0 heterocycles. The third-order valence-electron chi connectivity index (χ3n) is 4.03. The molecule has 2 rings (SSSR count). The predicted octanol–water partition coefficient (Wildman–Crippen LogP) is 1.73. The molecule has 0 aromatic heterocycles. The molecule has 2 atom stereocenters. The Kier molecular flexibility index (Phi) is 4.36. The summed E-state index contributed by atoms with van der Waals surface area (Å²) in [6.07, 6.45) is 2.56. The molecule has 6 heteroatoms. The topological polar surface area (TPSA) is 81.4 Å². The number of methoxy groups -OCH3 is 1. The Labute approximate surface area is 120 Å². The first kappa shape index (κ1) is 15.3. The summed E-state index contributed by atoms with van der Waals surface area (Å²) in [5, 5.41) is 0. The van der Waals surface area contributed by atoms with Gasteiger partial charge in [0.2, 0.25) is 10.0 Å².